The average molecular weight is 354 g/mol. The normalized spacial score (nSPS) is 19.9. The second-order valence-electron chi connectivity index (χ2n) is 4.81. The van der Waals surface area contributed by atoms with Gasteiger partial charge in [-0.3, -0.25) is 14.5 Å². The molecule has 0 saturated carbocycles. The number of likely N-dealkylation sites (N-methyl/N-ethyl adjacent to an activating group) is 1. The molecule has 1 atom stereocenters. The number of rotatable bonds is 1. The fraction of sp³-hybridized carbons (Fsp3) is 0.308. The molecule has 2 aromatic rings. The lowest BCUT2D eigenvalue weighted by molar-refractivity contribution is -0.149. The number of hydrogen-bond acceptors (Lipinski definition) is 3. The summed E-state index contributed by atoms with van der Waals surface area (Å²) in [6.07, 6.45) is 0.838. The molecule has 5 nitrogen and oxygen atoms in total. The monoisotopic (exact) mass is 353 g/mol. The van der Waals surface area contributed by atoms with Crippen LogP contribution in [0.5, 0.6) is 0 Å². The molecule has 0 radical (unpaired) electrons. The van der Waals surface area contributed by atoms with Crippen LogP contribution in [0.4, 0.5) is 0 Å². The van der Waals surface area contributed by atoms with Crippen molar-refractivity contribution in [2.24, 2.45) is 0 Å². The number of piperidine rings is 1. The second-order valence-corrected chi connectivity index (χ2v) is 6.11. The number of carbonyl (C=O) groups excluding carboxylic acids is 2. The highest BCUT2D eigenvalue weighted by atomic mass is 79.9. The number of likely N-dealkylation sites (tertiary alicyclic amines) is 1. The van der Waals surface area contributed by atoms with Gasteiger partial charge in [0.05, 0.1) is 11.0 Å². The van der Waals surface area contributed by atoms with Crippen LogP contribution in [-0.2, 0) is 9.59 Å². The highest BCUT2D eigenvalue weighted by Gasteiger charge is 2.34. The number of H-pyrrole nitrogens is 1. The van der Waals surface area contributed by atoms with Gasteiger partial charge in [-0.15, -0.1) is 0 Å². The molecule has 7 heteroatoms. The van der Waals surface area contributed by atoms with Crippen molar-refractivity contribution in [3.63, 3.8) is 0 Å². The summed E-state index contributed by atoms with van der Waals surface area (Å²) in [5.74, 6) is -0.350. The van der Waals surface area contributed by atoms with Gasteiger partial charge in [0.2, 0.25) is 5.91 Å². The number of benzene rings is 1. The number of aromatic amines is 1. The van der Waals surface area contributed by atoms with Crippen molar-refractivity contribution in [1.82, 2.24) is 14.5 Å². The molecule has 1 fully saturated rings. The van der Waals surface area contributed by atoms with Crippen LogP contribution in [0.1, 0.15) is 18.9 Å². The SMILES string of the molecule is CN1C(=O)CCC(n2c(=S)[nH]c3ccc(Br)cc32)C1=O. The minimum Gasteiger partial charge on any atom is -0.331 e. The van der Waals surface area contributed by atoms with Crippen LogP contribution in [0.15, 0.2) is 22.7 Å². The maximum Gasteiger partial charge on any atom is 0.252 e. The molecule has 2 amide bonds. The zero-order chi connectivity index (χ0) is 14.4. The predicted octanol–water partition coefficient (Wildman–Crippen LogP) is 2.78. The van der Waals surface area contributed by atoms with Gasteiger partial charge < -0.3 is 9.55 Å². The number of nitrogens with zero attached hydrogens (tertiary/aromatic N) is 2. The van der Waals surface area contributed by atoms with E-state index in [0.29, 0.717) is 17.6 Å². The number of carbonyl (C=O) groups is 2. The van der Waals surface area contributed by atoms with Crippen LogP contribution in [0.25, 0.3) is 11.0 Å². The van der Waals surface area contributed by atoms with E-state index in [9.17, 15) is 9.59 Å². The van der Waals surface area contributed by atoms with Gasteiger partial charge in [-0.1, -0.05) is 15.9 Å². The van der Waals surface area contributed by atoms with E-state index < -0.39 is 6.04 Å². The third kappa shape index (κ3) is 2.01. The first-order valence-electron chi connectivity index (χ1n) is 6.19. The molecule has 2 heterocycles. The van der Waals surface area contributed by atoms with Gasteiger partial charge in [0.15, 0.2) is 4.77 Å². The first-order chi connectivity index (χ1) is 9.49. The van der Waals surface area contributed by atoms with E-state index >= 15 is 0 Å². The summed E-state index contributed by atoms with van der Waals surface area (Å²) >= 11 is 8.76. The molecule has 1 saturated heterocycles. The molecule has 0 spiro atoms. The molecular formula is C13H12BrN3O2S. The van der Waals surface area contributed by atoms with E-state index in [4.69, 9.17) is 12.2 Å². The Bertz CT molecular complexity index is 780. The van der Waals surface area contributed by atoms with Crippen molar-refractivity contribution < 1.29 is 9.59 Å². The standard InChI is InChI=1S/C13H12BrN3O2S/c1-16-11(18)5-4-9(12(16)19)17-10-6-7(14)2-3-8(10)15-13(17)20/h2-3,6,9H,4-5H2,1H3,(H,15,20). The number of fused-ring (bicyclic) bond motifs is 1. The van der Waals surface area contributed by atoms with E-state index in [1.807, 2.05) is 18.2 Å². The topological polar surface area (TPSA) is 58.1 Å². The highest BCUT2D eigenvalue weighted by Crippen LogP contribution is 2.29. The lowest BCUT2D eigenvalue weighted by Gasteiger charge is -2.28. The Hall–Kier alpha value is -1.47. The van der Waals surface area contributed by atoms with E-state index in [1.165, 1.54) is 11.9 Å². The lowest BCUT2D eigenvalue weighted by Crippen LogP contribution is -2.43. The van der Waals surface area contributed by atoms with Crippen LogP contribution in [0.3, 0.4) is 0 Å². The maximum atomic E-state index is 12.3. The second kappa shape index (κ2) is 4.82. The van der Waals surface area contributed by atoms with Crippen molar-refractivity contribution in [1.29, 1.82) is 0 Å². The number of imidazole rings is 1. The summed E-state index contributed by atoms with van der Waals surface area (Å²) in [6.45, 7) is 0. The summed E-state index contributed by atoms with van der Waals surface area (Å²) in [5, 5.41) is 0. The molecule has 0 bridgehead atoms. The predicted molar refractivity (Wildman–Crippen MR) is 80.9 cm³/mol. The maximum absolute atomic E-state index is 12.3. The van der Waals surface area contributed by atoms with Crippen LogP contribution >= 0.6 is 28.1 Å². The number of halogens is 1. The zero-order valence-electron chi connectivity index (χ0n) is 10.7. The first kappa shape index (κ1) is 13.5. The molecule has 1 aromatic carbocycles. The average Bonchev–Trinajstić information content (AvgIpc) is 2.72. The van der Waals surface area contributed by atoms with Crippen molar-refractivity contribution in [2.75, 3.05) is 7.05 Å². The molecule has 0 aliphatic carbocycles. The fourth-order valence-corrected chi connectivity index (χ4v) is 3.23. The molecule has 1 aliphatic heterocycles. The van der Waals surface area contributed by atoms with Gasteiger partial charge in [-0.2, -0.15) is 0 Å². The summed E-state index contributed by atoms with van der Waals surface area (Å²) < 4.78 is 3.22. The number of imide groups is 1. The number of hydrogen-bond donors (Lipinski definition) is 1. The summed E-state index contributed by atoms with van der Waals surface area (Å²) in [4.78, 5) is 28.2. The van der Waals surface area contributed by atoms with Crippen LogP contribution in [0, 0.1) is 4.77 Å². The Balaban J connectivity index is 2.17. The third-order valence-corrected chi connectivity index (χ3v) is 4.40. The number of aromatic nitrogens is 2. The van der Waals surface area contributed by atoms with Gasteiger partial charge in [0, 0.05) is 17.9 Å². The van der Waals surface area contributed by atoms with Crippen molar-refractivity contribution >= 4 is 51.0 Å². The van der Waals surface area contributed by atoms with Gasteiger partial charge in [0.25, 0.3) is 5.91 Å². The molecule has 1 unspecified atom stereocenters. The van der Waals surface area contributed by atoms with E-state index in [1.54, 1.807) is 4.57 Å². The van der Waals surface area contributed by atoms with E-state index in [2.05, 4.69) is 20.9 Å². The molecule has 1 aromatic heterocycles. The summed E-state index contributed by atoms with van der Waals surface area (Å²) in [6, 6.07) is 5.32. The molecule has 20 heavy (non-hydrogen) atoms. The Kier molecular flexibility index (Phi) is 3.25. The van der Waals surface area contributed by atoms with Gasteiger partial charge in [-0.25, -0.2) is 0 Å². The van der Waals surface area contributed by atoms with Gasteiger partial charge in [-0.05, 0) is 36.8 Å². The largest absolute Gasteiger partial charge is 0.331 e. The van der Waals surface area contributed by atoms with Gasteiger partial charge in [0.1, 0.15) is 6.04 Å². The Morgan fingerprint density at radius 1 is 1.40 bits per heavy atom. The Morgan fingerprint density at radius 2 is 2.15 bits per heavy atom. The summed E-state index contributed by atoms with van der Waals surface area (Å²) in [7, 11) is 1.52. The Labute approximate surface area is 128 Å². The quantitative estimate of drug-likeness (QED) is 0.633. The molecule has 104 valence electrons. The molecule has 1 N–H and O–H groups in total. The minimum atomic E-state index is -0.423. The molecule has 3 rings (SSSR count). The fourth-order valence-electron chi connectivity index (χ4n) is 2.54. The molecule has 1 aliphatic rings. The third-order valence-electron chi connectivity index (χ3n) is 3.61. The van der Waals surface area contributed by atoms with Crippen molar-refractivity contribution in [3.05, 3.63) is 27.4 Å². The van der Waals surface area contributed by atoms with Crippen LogP contribution in [-0.4, -0.2) is 33.3 Å². The first-order valence-corrected chi connectivity index (χ1v) is 7.39. The smallest absolute Gasteiger partial charge is 0.252 e. The van der Waals surface area contributed by atoms with Crippen LogP contribution in [0.2, 0.25) is 0 Å². The molecular weight excluding hydrogens is 342 g/mol. The van der Waals surface area contributed by atoms with E-state index in [0.717, 1.165) is 15.5 Å². The van der Waals surface area contributed by atoms with Crippen molar-refractivity contribution in [3.8, 4) is 0 Å². The number of amides is 2. The Morgan fingerprint density at radius 3 is 2.90 bits per heavy atom. The minimum absolute atomic E-state index is 0.140. The lowest BCUT2D eigenvalue weighted by atomic mass is 10.0. The van der Waals surface area contributed by atoms with Crippen LogP contribution < -0.4 is 0 Å². The zero-order valence-corrected chi connectivity index (χ0v) is 13.1. The van der Waals surface area contributed by atoms with Gasteiger partial charge >= 0.3 is 0 Å². The summed E-state index contributed by atoms with van der Waals surface area (Å²) in [5.41, 5.74) is 1.75. The number of nitrogens with one attached hydrogen (secondary N) is 1. The van der Waals surface area contributed by atoms with E-state index in [-0.39, 0.29) is 11.8 Å². The van der Waals surface area contributed by atoms with Crippen molar-refractivity contribution in [2.45, 2.75) is 18.9 Å². The highest BCUT2D eigenvalue weighted by molar-refractivity contribution is 9.10.